The molecule has 0 saturated heterocycles. The second-order valence-electron chi connectivity index (χ2n) is 11.4. The van der Waals surface area contributed by atoms with Crippen LogP contribution in [0.25, 0.3) is 6.08 Å². The van der Waals surface area contributed by atoms with E-state index in [2.05, 4.69) is 27.7 Å². The molecule has 6 heteroatoms. The number of carbonyl (C=O) groups excluding carboxylic acids is 1. The van der Waals surface area contributed by atoms with Gasteiger partial charge in [-0.3, -0.25) is 0 Å². The summed E-state index contributed by atoms with van der Waals surface area (Å²) in [5.41, 5.74) is 0.733. The van der Waals surface area contributed by atoms with Crippen molar-refractivity contribution in [1.29, 1.82) is 0 Å². The fraction of sp³-hybridized carbons (Fsp3) is 0.750. The van der Waals surface area contributed by atoms with Crippen LogP contribution in [0.2, 0.25) is 0 Å². The minimum absolute atomic E-state index is 0.191. The van der Waals surface area contributed by atoms with E-state index < -0.39 is 0 Å². The molecule has 0 aliphatic carbocycles. The molecule has 6 nitrogen and oxygen atoms in total. The predicted octanol–water partition coefficient (Wildman–Crippen LogP) is 10.5. The third-order valence-corrected chi connectivity index (χ3v) is 6.92. The third-order valence-electron chi connectivity index (χ3n) is 6.92. The highest BCUT2D eigenvalue weighted by Gasteiger charge is 2.23. The van der Waals surface area contributed by atoms with Gasteiger partial charge in [0.25, 0.3) is 0 Å². The quantitative estimate of drug-likeness (QED) is 0.0577. The lowest BCUT2D eigenvalue weighted by Gasteiger charge is -2.22. The van der Waals surface area contributed by atoms with Crippen LogP contribution < -0.4 is 18.9 Å². The molecule has 0 aliphatic rings. The predicted molar refractivity (Wildman–Crippen MR) is 175 cm³/mol. The topological polar surface area (TPSA) is 63.2 Å². The van der Waals surface area contributed by atoms with Crippen molar-refractivity contribution in [2.75, 3.05) is 26.4 Å². The Labute approximate surface area is 257 Å². The van der Waals surface area contributed by atoms with Gasteiger partial charge in [0, 0.05) is 11.6 Å². The Hall–Kier alpha value is -2.37. The highest BCUT2D eigenvalue weighted by molar-refractivity contribution is 5.88. The fourth-order valence-corrected chi connectivity index (χ4v) is 4.52. The molecule has 0 N–H and O–H groups in total. The Balaban J connectivity index is 3.49. The average molecular weight is 591 g/mol. The van der Waals surface area contributed by atoms with Crippen molar-refractivity contribution in [3.05, 3.63) is 17.7 Å². The van der Waals surface area contributed by atoms with E-state index in [4.69, 9.17) is 23.7 Å². The molecule has 0 aromatic heterocycles. The number of esters is 1. The summed E-state index contributed by atoms with van der Waals surface area (Å²) in [4.78, 5) is 12.4. The van der Waals surface area contributed by atoms with Gasteiger partial charge in [0.15, 0.2) is 11.5 Å². The standard InChI is InChI=1S/C36H62O6/c1-7-11-15-19-25-38-32-29-31(23-24-33(37)42-30(5)6)34(39-26-20-16-12-8-2)36(41-28-22-18-14-10-4)35(32)40-27-21-17-13-9-3/h23-24,29-30H,7-22,25-28H2,1-6H3. The normalized spacial score (nSPS) is 11.3. The van der Waals surface area contributed by atoms with Crippen molar-refractivity contribution >= 4 is 12.0 Å². The van der Waals surface area contributed by atoms with Crippen molar-refractivity contribution < 1.29 is 28.5 Å². The zero-order valence-electron chi connectivity index (χ0n) is 27.9. The highest BCUT2D eigenvalue weighted by Crippen LogP contribution is 2.48. The summed E-state index contributed by atoms with van der Waals surface area (Å²) in [6, 6.07) is 1.94. The second-order valence-corrected chi connectivity index (χ2v) is 11.4. The summed E-state index contributed by atoms with van der Waals surface area (Å²) in [6.07, 6.45) is 20.7. The number of unbranched alkanes of at least 4 members (excludes halogenated alkanes) is 12. The minimum atomic E-state index is -0.390. The van der Waals surface area contributed by atoms with Crippen molar-refractivity contribution in [1.82, 2.24) is 0 Å². The smallest absolute Gasteiger partial charge is 0.331 e. The van der Waals surface area contributed by atoms with Crippen LogP contribution in [-0.2, 0) is 9.53 Å². The molecule has 0 fully saturated rings. The van der Waals surface area contributed by atoms with Gasteiger partial charge < -0.3 is 23.7 Å². The number of hydrogen-bond acceptors (Lipinski definition) is 6. The maximum absolute atomic E-state index is 12.4. The number of carbonyl (C=O) groups is 1. The molecule has 242 valence electrons. The van der Waals surface area contributed by atoms with E-state index in [9.17, 15) is 4.79 Å². The molecule has 1 aromatic rings. The van der Waals surface area contributed by atoms with E-state index in [0.717, 1.165) is 56.9 Å². The first-order valence-corrected chi connectivity index (χ1v) is 17.1. The number of hydrogen-bond donors (Lipinski definition) is 0. The molecule has 0 radical (unpaired) electrons. The minimum Gasteiger partial charge on any atom is -0.490 e. The number of benzene rings is 1. The van der Waals surface area contributed by atoms with Gasteiger partial charge in [-0.1, -0.05) is 105 Å². The largest absolute Gasteiger partial charge is 0.490 e. The van der Waals surface area contributed by atoms with Crippen LogP contribution >= 0.6 is 0 Å². The molecule has 0 atom stereocenters. The van der Waals surface area contributed by atoms with Crippen LogP contribution in [0.4, 0.5) is 0 Å². The van der Waals surface area contributed by atoms with E-state index in [1.54, 1.807) is 6.08 Å². The zero-order valence-corrected chi connectivity index (χ0v) is 27.9. The molecule has 1 aromatic carbocycles. The maximum Gasteiger partial charge on any atom is 0.331 e. The maximum atomic E-state index is 12.4. The molecule has 0 bridgehead atoms. The fourth-order valence-electron chi connectivity index (χ4n) is 4.52. The van der Waals surface area contributed by atoms with Gasteiger partial charge in [-0.2, -0.15) is 0 Å². The molecule has 0 heterocycles. The van der Waals surface area contributed by atoms with E-state index >= 15 is 0 Å². The SMILES string of the molecule is CCCCCCOc1cc(C=CC(=O)OC(C)C)c(OCCCCCC)c(OCCCCCC)c1OCCCCCC. The van der Waals surface area contributed by atoms with Crippen LogP contribution in [0.15, 0.2) is 12.1 Å². The molecule has 0 saturated carbocycles. The van der Waals surface area contributed by atoms with Gasteiger partial charge in [-0.25, -0.2) is 4.79 Å². The molecular weight excluding hydrogens is 528 g/mol. The molecule has 0 unspecified atom stereocenters. The van der Waals surface area contributed by atoms with Gasteiger partial charge in [0.1, 0.15) is 0 Å². The van der Waals surface area contributed by atoms with Gasteiger partial charge in [-0.15, -0.1) is 0 Å². The van der Waals surface area contributed by atoms with Crippen molar-refractivity contribution in [2.24, 2.45) is 0 Å². The lowest BCUT2D eigenvalue weighted by Crippen LogP contribution is -2.10. The van der Waals surface area contributed by atoms with Crippen LogP contribution in [0.3, 0.4) is 0 Å². The van der Waals surface area contributed by atoms with Crippen LogP contribution in [0.5, 0.6) is 23.0 Å². The monoisotopic (exact) mass is 590 g/mol. The first-order chi connectivity index (χ1) is 20.5. The van der Waals surface area contributed by atoms with E-state index in [-0.39, 0.29) is 12.1 Å². The summed E-state index contributed by atoms with van der Waals surface area (Å²) in [6.45, 7) is 14.8. The lowest BCUT2D eigenvalue weighted by molar-refractivity contribution is -0.141. The van der Waals surface area contributed by atoms with Crippen molar-refractivity contribution in [3.63, 3.8) is 0 Å². The van der Waals surface area contributed by atoms with E-state index in [0.29, 0.717) is 49.4 Å². The molecule has 42 heavy (non-hydrogen) atoms. The van der Waals surface area contributed by atoms with Crippen molar-refractivity contribution in [2.45, 2.75) is 150 Å². The van der Waals surface area contributed by atoms with Gasteiger partial charge in [-0.05, 0) is 51.7 Å². The molecule has 0 amide bonds. The summed E-state index contributed by atoms with van der Waals surface area (Å²) >= 11 is 0. The number of rotatable bonds is 27. The van der Waals surface area contributed by atoms with Gasteiger partial charge >= 0.3 is 5.97 Å². The molecule has 1 rings (SSSR count). The van der Waals surface area contributed by atoms with Gasteiger partial charge in [0.2, 0.25) is 11.5 Å². The Morgan fingerprint density at radius 2 is 1.02 bits per heavy atom. The molecule has 0 spiro atoms. The summed E-state index contributed by atoms with van der Waals surface area (Å²) in [5.74, 6) is 2.06. The van der Waals surface area contributed by atoms with E-state index in [1.807, 2.05) is 19.9 Å². The third kappa shape index (κ3) is 16.9. The average Bonchev–Trinajstić information content (AvgIpc) is 2.96. The summed E-state index contributed by atoms with van der Waals surface area (Å²) in [7, 11) is 0. The van der Waals surface area contributed by atoms with Gasteiger partial charge in [0.05, 0.1) is 32.5 Å². The Bertz CT molecular complexity index is 848. The summed E-state index contributed by atoms with van der Waals surface area (Å²) in [5, 5.41) is 0. The summed E-state index contributed by atoms with van der Waals surface area (Å²) < 4.78 is 31.1. The first-order valence-electron chi connectivity index (χ1n) is 17.1. The Morgan fingerprint density at radius 3 is 1.48 bits per heavy atom. The van der Waals surface area contributed by atoms with Crippen molar-refractivity contribution in [3.8, 4) is 23.0 Å². The Morgan fingerprint density at radius 1 is 0.595 bits per heavy atom. The van der Waals surface area contributed by atoms with E-state index in [1.165, 1.54) is 57.4 Å². The van der Waals surface area contributed by atoms with Crippen LogP contribution in [0.1, 0.15) is 150 Å². The second kappa shape index (κ2) is 25.2. The Kier molecular flexibility index (Phi) is 22.6. The lowest BCUT2D eigenvalue weighted by atomic mass is 10.1. The first kappa shape index (κ1) is 37.7. The molecular formula is C36H62O6. The van der Waals surface area contributed by atoms with Crippen LogP contribution in [0, 0.1) is 0 Å². The molecule has 0 aliphatic heterocycles. The highest BCUT2D eigenvalue weighted by atomic mass is 16.6. The zero-order chi connectivity index (χ0) is 30.8. The number of ether oxygens (including phenoxy) is 5. The van der Waals surface area contributed by atoms with Crippen LogP contribution in [-0.4, -0.2) is 38.5 Å².